The SMILES string of the molecule is Cc1cc(C)c(-c2nc(NN)cc(C(C)(C)C)n2)cc1C. The number of aromatic nitrogens is 2. The molecule has 2 aromatic rings. The molecule has 0 saturated heterocycles. The summed E-state index contributed by atoms with van der Waals surface area (Å²) in [6.07, 6.45) is 0. The number of nitrogens with one attached hydrogen (secondary N) is 1. The van der Waals surface area contributed by atoms with Gasteiger partial charge in [0, 0.05) is 17.0 Å². The first-order valence-electron chi connectivity index (χ1n) is 7.17. The molecular formula is C17H24N4. The van der Waals surface area contributed by atoms with Crippen LogP contribution >= 0.6 is 0 Å². The minimum atomic E-state index is -0.0586. The first-order valence-corrected chi connectivity index (χ1v) is 7.17. The Bertz CT molecular complexity index is 669. The molecule has 1 heterocycles. The zero-order valence-corrected chi connectivity index (χ0v) is 13.7. The van der Waals surface area contributed by atoms with Crippen molar-refractivity contribution in [3.63, 3.8) is 0 Å². The monoisotopic (exact) mass is 284 g/mol. The number of anilines is 1. The average molecular weight is 284 g/mol. The summed E-state index contributed by atoms with van der Waals surface area (Å²) in [7, 11) is 0. The predicted octanol–water partition coefficient (Wildman–Crippen LogP) is 3.65. The van der Waals surface area contributed by atoms with Gasteiger partial charge in [-0.3, -0.25) is 0 Å². The molecule has 0 aliphatic heterocycles. The van der Waals surface area contributed by atoms with Gasteiger partial charge in [0.05, 0.1) is 5.69 Å². The van der Waals surface area contributed by atoms with Gasteiger partial charge in [0.25, 0.3) is 0 Å². The lowest BCUT2D eigenvalue weighted by atomic mass is 9.91. The quantitative estimate of drug-likeness (QED) is 0.652. The molecule has 4 heteroatoms. The maximum absolute atomic E-state index is 5.56. The van der Waals surface area contributed by atoms with E-state index in [1.165, 1.54) is 16.7 Å². The molecule has 1 aromatic heterocycles. The summed E-state index contributed by atoms with van der Waals surface area (Å²) in [6, 6.07) is 6.22. The zero-order valence-electron chi connectivity index (χ0n) is 13.7. The fourth-order valence-electron chi connectivity index (χ4n) is 2.23. The van der Waals surface area contributed by atoms with Crippen LogP contribution in [0.1, 0.15) is 43.2 Å². The van der Waals surface area contributed by atoms with E-state index in [0.29, 0.717) is 5.82 Å². The minimum Gasteiger partial charge on any atom is -0.308 e. The standard InChI is InChI=1S/C17H24N4/c1-10-7-12(3)13(8-11(10)2)16-19-14(17(4,5)6)9-15(20-16)21-18/h7-9H,18H2,1-6H3,(H,19,20,21). The molecule has 0 aliphatic carbocycles. The second kappa shape index (κ2) is 5.45. The van der Waals surface area contributed by atoms with E-state index >= 15 is 0 Å². The lowest BCUT2D eigenvalue weighted by molar-refractivity contribution is 0.568. The van der Waals surface area contributed by atoms with Crippen molar-refractivity contribution in [1.29, 1.82) is 0 Å². The molecule has 0 bridgehead atoms. The third kappa shape index (κ3) is 3.22. The van der Waals surface area contributed by atoms with Crippen LogP contribution in [0, 0.1) is 20.8 Å². The van der Waals surface area contributed by atoms with Gasteiger partial charge >= 0.3 is 0 Å². The topological polar surface area (TPSA) is 63.8 Å². The third-order valence-electron chi connectivity index (χ3n) is 3.72. The number of aryl methyl sites for hydroxylation is 3. The largest absolute Gasteiger partial charge is 0.308 e. The van der Waals surface area contributed by atoms with Crippen LogP contribution in [0.2, 0.25) is 0 Å². The van der Waals surface area contributed by atoms with E-state index < -0.39 is 0 Å². The van der Waals surface area contributed by atoms with Crippen molar-refractivity contribution in [2.45, 2.75) is 47.0 Å². The Kier molecular flexibility index (Phi) is 4.01. The average Bonchev–Trinajstić information content (AvgIpc) is 2.41. The number of nitrogens with two attached hydrogens (primary N) is 1. The summed E-state index contributed by atoms with van der Waals surface area (Å²) in [5.74, 6) is 6.92. The van der Waals surface area contributed by atoms with E-state index in [9.17, 15) is 0 Å². The van der Waals surface area contributed by atoms with Gasteiger partial charge < -0.3 is 5.43 Å². The third-order valence-corrected chi connectivity index (χ3v) is 3.72. The van der Waals surface area contributed by atoms with Gasteiger partial charge in [-0.15, -0.1) is 0 Å². The van der Waals surface area contributed by atoms with Crippen molar-refractivity contribution < 1.29 is 0 Å². The minimum absolute atomic E-state index is 0.0586. The number of hydrogen-bond donors (Lipinski definition) is 2. The second-order valence-corrected chi connectivity index (χ2v) is 6.61. The lowest BCUT2D eigenvalue weighted by Gasteiger charge is -2.20. The van der Waals surface area contributed by atoms with Gasteiger partial charge in [-0.1, -0.05) is 26.8 Å². The highest BCUT2D eigenvalue weighted by atomic mass is 15.3. The van der Waals surface area contributed by atoms with Crippen LogP contribution in [-0.2, 0) is 5.41 Å². The van der Waals surface area contributed by atoms with Gasteiger partial charge in [-0.05, 0) is 43.5 Å². The van der Waals surface area contributed by atoms with Crippen molar-refractivity contribution in [2.75, 3.05) is 5.43 Å². The Morgan fingerprint density at radius 3 is 2.10 bits per heavy atom. The van der Waals surface area contributed by atoms with E-state index in [2.05, 4.69) is 64.1 Å². The summed E-state index contributed by atoms with van der Waals surface area (Å²) in [6.45, 7) is 12.7. The van der Waals surface area contributed by atoms with Gasteiger partial charge in [-0.2, -0.15) is 0 Å². The molecule has 3 N–H and O–H groups in total. The van der Waals surface area contributed by atoms with Crippen molar-refractivity contribution in [1.82, 2.24) is 9.97 Å². The van der Waals surface area contributed by atoms with Crippen molar-refractivity contribution in [3.05, 3.63) is 40.6 Å². The van der Waals surface area contributed by atoms with Crippen LogP contribution in [0.15, 0.2) is 18.2 Å². The number of benzene rings is 1. The molecule has 0 radical (unpaired) electrons. The summed E-state index contributed by atoms with van der Waals surface area (Å²) in [5, 5.41) is 0. The van der Waals surface area contributed by atoms with Crippen molar-refractivity contribution in [2.24, 2.45) is 5.84 Å². The van der Waals surface area contributed by atoms with Crippen molar-refractivity contribution >= 4 is 5.82 Å². The Labute approximate surface area is 126 Å². The molecule has 0 aliphatic rings. The van der Waals surface area contributed by atoms with Crippen LogP contribution in [-0.4, -0.2) is 9.97 Å². The molecule has 0 amide bonds. The van der Waals surface area contributed by atoms with Gasteiger partial charge in [0.2, 0.25) is 0 Å². The highest BCUT2D eigenvalue weighted by Crippen LogP contribution is 2.28. The smallest absolute Gasteiger partial charge is 0.162 e. The van der Waals surface area contributed by atoms with E-state index in [0.717, 1.165) is 17.1 Å². The fraction of sp³-hybridized carbons (Fsp3) is 0.412. The van der Waals surface area contributed by atoms with Crippen LogP contribution in [0.5, 0.6) is 0 Å². The van der Waals surface area contributed by atoms with Gasteiger partial charge in [0.1, 0.15) is 5.82 Å². The Morgan fingerprint density at radius 1 is 0.905 bits per heavy atom. The van der Waals surface area contributed by atoms with Crippen LogP contribution in [0.3, 0.4) is 0 Å². The molecule has 21 heavy (non-hydrogen) atoms. The molecule has 1 aromatic carbocycles. The summed E-state index contributed by atoms with van der Waals surface area (Å²) >= 11 is 0. The molecule has 0 unspecified atom stereocenters. The second-order valence-electron chi connectivity index (χ2n) is 6.61. The fourth-order valence-corrected chi connectivity index (χ4v) is 2.23. The molecule has 0 fully saturated rings. The first-order chi connectivity index (χ1) is 9.72. The molecular weight excluding hydrogens is 260 g/mol. The summed E-state index contributed by atoms with van der Waals surface area (Å²) in [5.41, 5.74) is 8.30. The Balaban J connectivity index is 2.66. The van der Waals surface area contributed by atoms with Crippen LogP contribution < -0.4 is 11.3 Å². The molecule has 0 saturated carbocycles. The maximum atomic E-state index is 5.56. The first kappa shape index (κ1) is 15.4. The lowest BCUT2D eigenvalue weighted by Crippen LogP contribution is -2.17. The number of hydrogen-bond acceptors (Lipinski definition) is 4. The van der Waals surface area contributed by atoms with E-state index in [-0.39, 0.29) is 5.41 Å². The number of hydrazine groups is 1. The summed E-state index contributed by atoms with van der Waals surface area (Å²) < 4.78 is 0. The van der Waals surface area contributed by atoms with Crippen LogP contribution in [0.4, 0.5) is 5.82 Å². The maximum Gasteiger partial charge on any atom is 0.162 e. The highest BCUT2D eigenvalue weighted by molar-refractivity contribution is 5.64. The predicted molar refractivity (Wildman–Crippen MR) is 88.2 cm³/mol. The molecule has 112 valence electrons. The molecule has 0 spiro atoms. The number of nitrogen functional groups attached to an aromatic ring is 1. The van der Waals surface area contributed by atoms with Crippen molar-refractivity contribution in [3.8, 4) is 11.4 Å². The zero-order chi connectivity index (χ0) is 15.8. The Morgan fingerprint density at radius 2 is 1.52 bits per heavy atom. The van der Waals surface area contributed by atoms with Gasteiger partial charge in [0.15, 0.2) is 5.82 Å². The molecule has 4 nitrogen and oxygen atoms in total. The van der Waals surface area contributed by atoms with E-state index in [4.69, 9.17) is 10.8 Å². The normalized spacial score (nSPS) is 11.6. The van der Waals surface area contributed by atoms with E-state index in [1.807, 2.05) is 6.07 Å². The molecule has 2 rings (SSSR count). The van der Waals surface area contributed by atoms with Gasteiger partial charge in [-0.25, -0.2) is 15.8 Å². The van der Waals surface area contributed by atoms with Crippen LogP contribution in [0.25, 0.3) is 11.4 Å². The van der Waals surface area contributed by atoms with E-state index in [1.54, 1.807) is 0 Å². The number of nitrogens with zero attached hydrogens (tertiary/aromatic N) is 2. The highest BCUT2D eigenvalue weighted by Gasteiger charge is 2.19. The Hall–Kier alpha value is -1.94. The molecule has 0 atom stereocenters. The number of rotatable bonds is 2. The summed E-state index contributed by atoms with van der Waals surface area (Å²) in [4.78, 5) is 9.27.